The van der Waals surface area contributed by atoms with E-state index in [0.29, 0.717) is 12.1 Å². The molecule has 0 saturated heterocycles. The number of rotatable bonds is 5. The van der Waals surface area contributed by atoms with Crippen molar-refractivity contribution < 1.29 is 9.21 Å². The third-order valence-electron chi connectivity index (χ3n) is 4.35. The molecular weight excluding hydrogens is 252 g/mol. The maximum atomic E-state index is 12.5. The van der Waals surface area contributed by atoms with Gasteiger partial charge in [0.2, 0.25) is 0 Å². The van der Waals surface area contributed by atoms with Crippen LogP contribution in [0.15, 0.2) is 16.7 Å². The molecule has 1 aromatic rings. The number of nitrogens with zero attached hydrogens (tertiary/aromatic N) is 1. The summed E-state index contributed by atoms with van der Waals surface area (Å²) in [6, 6.07) is 2.78. The van der Waals surface area contributed by atoms with Gasteiger partial charge in [0.15, 0.2) is 0 Å². The number of amides is 1. The van der Waals surface area contributed by atoms with Crippen molar-refractivity contribution >= 4 is 5.91 Å². The van der Waals surface area contributed by atoms with Gasteiger partial charge in [-0.3, -0.25) is 4.79 Å². The zero-order chi connectivity index (χ0) is 14.5. The molecule has 1 aliphatic carbocycles. The van der Waals surface area contributed by atoms with Crippen LogP contribution < -0.4 is 5.32 Å². The largest absolute Gasteiger partial charge is 0.469 e. The number of nitrogens with one attached hydrogen (secondary N) is 1. The third kappa shape index (κ3) is 3.23. The van der Waals surface area contributed by atoms with Gasteiger partial charge in [-0.25, -0.2) is 0 Å². The molecule has 4 heteroatoms. The standard InChI is InChI=1S/C16H26N2O2/c1-4-15-14(10-11-20-15)16(19)18(3)13-8-6-12(7-9-13)17-5-2/h10-13,17H,4-9H2,1-3H3. The molecule has 0 aromatic carbocycles. The molecule has 0 atom stereocenters. The van der Waals surface area contributed by atoms with Crippen LogP contribution in [0.4, 0.5) is 0 Å². The fraction of sp³-hybridized carbons (Fsp3) is 0.688. The Bertz CT molecular complexity index is 433. The molecular formula is C16H26N2O2. The summed E-state index contributed by atoms with van der Waals surface area (Å²) in [5.41, 5.74) is 0.726. The first-order valence-corrected chi connectivity index (χ1v) is 7.74. The monoisotopic (exact) mass is 278 g/mol. The number of hydrogen-bond acceptors (Lipinski definition) is 3. The molecule has 0 unspecified atom stereocenters. The van der Waals surface area contributed by atoms with E-state index in [1.165, 1.54) is 0 Å². The summed E-state index contributed by atoms with van der Waals surface area (Å²) in [6.45, 7) is 5.18. The van der Waals surface area contributed by atoms with E-state index in [-0.39, 0.29) is 5.91 Å². The number of aryl methyl sites for hydroxylation is 1. The van der Waals surface area contributed by atoms with Crippen molar-refractivity contribution in [3.8, 4) is 0 Å². The lowest BCUT2D eigenvalue weighted by molar-refractivity contribution is 0.0682. The molecule has 0 spiro atoms. The SMILES string of the molecule is CCNC1CCC(N(C)C(=O)c2ccoc2CC)CC1. The summed E-state index contributed by atoms with van der Waals surface area (Å²) >= 11 is 0. The summed E-state index contributed by atoms with van der Waals surface area (Å²) in [5, 5.41) is 3.50. The number of furan rings is 1. The molecule has 0 bridgehead atoms. The zero-order valence-electron chi connectivity index (χ0n) is 12.8. The molecule has 1 heterocycles. The van der Waals surface area contributed by atoms with E-state index in [2.05, 4.69) is 12.2 Å². The molecule has 112 valence electrons. The van der Waals surface area contributed by atoms with Gasteiger partial charge in [0.1, 0.15) is 5.76 Å². The van der Waals surface area contributed by atoms with Gasteiger partial charge < -0.3 is 14.6 Å². The average Bonchev–Trinajstić information content (AvgIpc) is 2.95. The molecule has 0 radical (unpaired) electrons. The van der Waals surface area contributed by atoms with Gasteiger partial charge in [0.05, 0.1) is 11.8 Å². The summed E-state index contributed by atoms with van der Waals surface area (Å²) in [4.78, 5) is 14.5. The third-order valence-corrected chi connectivity index (χ3v) is 4.35. The van der Waals surface area contributed by atoms with Crippen LogP contribution in [0.1, 0.15) is 55.6 Å². The molecule has 1 fully saturated rings. The minimum absolute atomic E-state index is 0.0995. The van der Waals surface area contributed by atoms with Crippen molar-refractivity contribution in [3.05, 3.63) is 23.7 Å². The fourth-order valence-corrected chi connectivity index (χ4v) is 3.12. The normalized spacial score (nSPS) is 22.8. The van der Waals surface area contributed by atoms with Crippen LogP contribution in [0.3, 0.4) is 0 Å². The zero-order valence-corrected chi connectivity index (χ0v) is 12.8. The molecule has 4 nitrogen and oxygen atoms in total. The van der Waals surface area contributed by atoms with Gasteiger partial charge in [0, 0.05) is 25.6 Å². The lowest BCUT2D eigenvalue weighted by Crippen LogP contribution is -2.43. The lowest BCUT2D eigenvalue weighted by Gasteiger charge is -2.35. The van der Waals surface area contributed by atoms with E-state index < -0.39 is 0 Å². The Labute approximate surface area is 121 Å². The summed E-state index contributed by atoms with van der Waals surface area (Å²) in [6.07, 6.45) is 6.85. The Morgan fingerprint density at radius 3 is 2.65 bits per heavy atom. The molecule has 0 aliphatic heterocycles. The van der Waals surface area contributed by atoms with Gasteiger partial charge in [-0.05, 0) is 38.3 Å². The average molecular weight is 278 g/mol. The molecule has 1 aromatic heterocycles. The first-order chi connectivity index (χ1) is 9.67. The van der Waals surface area contributed by atoms with Crippen LogP contribution in [0.5, 0.6) is 0 Å². The minimum Gasteiger partial charge on any atom is -0.469 e. The maximum Gasteiger partial charge on any atom is 0.257 e. The fourth-order valence-electron chi connectivity index (χ4n) is 3.12. The van der Waals surface area contributed by atoms with Gasteiger partial charge in [-0.1, -0.05) is 13.8 Å². The smallest absolute Gasteiger partial charge is 0.257 e. The topological polar surface area (TPSA) is 45.5 Å². The van der Waals surface area contributed by atoms with Gasteiger partial charge in [-0.2, -0.15) is 0 Å². The van der Waals surface area contributed by atoms with Crippen LogP contribution in [0.2, 0.25) is 0 Å². The summed E-state index contributed by atoms with van der Waals surface area (Å²) in [5.74, 6) is 0.894. The van der Waals surface area contributed by atoms with Crippen molar-refractivity contribution in [2.45, 2.75) is 58.0 Å². The van der Waals surface area contributed by atoms with E-state index in [4.69, 9.17) is 4.42 Å². The van der Waals surface area contributed by atoms with Crippen molar-refractivity contribution in [2.24, 2.45) is 0 Å². The maximum absolute atomic E-state index is 12.5. The first kappa shape index (κ1) is 15.1. The quantitative estimate of drug-likeness (QED) is 0.901. The van der Waals surface area contributed by atoms with Gasteiger partial charge in [0.25, 0.3) is 5.91 Å². The molecule has 1 aliphatic rings. The Morgan fingerprint density at radius 2 is 2.05 bits per heavy atom. The predicted octanol–water partition coefficient (Wildman–Crippen LogP) is 2.83. The second kappa shape index (κ2) is 6.93. The first-order valence-electron chi connectivity index (χ1n) is 7.74. The highest BCUT2D eigenvalue weighted by Crippen LogP contribution is 2.24. The van der Waals surface area contributed by atoms with Crippen molar-refractivity contribution in [3.63, 3.8) is 0 Å². The molecule has 20 heavy (non-hydrogen) atoms. The van der Waals surface area contributed by atoms with E-state index in [9.17, 15) is 4.79 Å². The van der Waals surface area contributed by atoms with Crippen LogP contribution in [-0.4, -0.2) is 36.5 Å². The number of carbonyl (C=O) groups excluding carboxylic acids is 1. The Hall–Kier alpha value is -1.29. The highest BCUT2D eigenvalue weighted by molar-refractivity contribution is 5.95. The number of carbonyl (C=O) groups is 1. The second-order valence-corrected chi connectivity index (χ2v) is 5.59. The summed E-state index contributed by atoms with van der Waals surface area (Å²) < 4.78 is 5.36. The van der Waals surface area contributed by atoms with Crippen LogP contribution in [0, 0.1) is 0 Å². The van der Waals surface area contributed by atoms with E-state index >= 15 is 0 Å². The lowest BCUT2D eigenvalue weighted by atomic mass is 9.90. The Kier molecular flexibility index (Phi) is 5.24. The van der Waals surface area contributed by atoms with Crippen LogP contribution in [0.25, 0.3) is 0 Å². The predicted molar refractivity (Wildman–Crippen MR) is 79.9 cm³/mol. The molecule has 1 saturated carbocycles. The van der Waals surface area contributed by atoms with E-state index in [1.54, 1.807) is 12.3 Å². The summed E-state index contributed by atoms with van der Waals surface area (Å²) in [7, 11) is 1.92. The highest BCUT2D eigenvalue weighted by Gasteiger charge is 2.28. The van der Waals surface area contributed by atoms with E-state index in [0.717, 1.165) is 50.0 Å². The van der Waals surface area contributed by atoms with Crippen molar-refractivity contribution in [2.75, 3.05) is 13.6 Å². The van der Waals surface area contributed by atoms with Crippen molar-refractivity contribution in [1.29, 1.82) is 0 Å². The Balaban J connectivity index is 1.95. The van der Waals surface area contributed by atoms with Gasteiger partial charge >= 0.3 is 0 Å². The second-order valence-electron chi connectivity index (χ2n) is 5.59. The molecule has 2 rings (SSSR count). The molecule has 1 N–H and O–H groups in total. The molecule has 1 amide bonds. The Morgan fingerprint density at radius 1 is 1.35 bits per heavy atom. The minimum atomic E-state index is 0.0995. The number of hydrogen-bond donors (Lipinski definition) is 1. The van der Waals surface area contributed by atoms with Crippen molar-refractivity contribution in [1.82, 2.24) is 10.2 Å². The highest BCUT2D eigenvalue weighted by atomic mass is 16.3. The van der Waals surface area contributed by atoms with E-state index in [1.807, 2.05) is 18.9 Å². The van der Waals surface area contributed by atoms with Crippen LogP contribution in [-0.2, 0) is 6.42 Å². The van der Waals surface area contributed by atoms with Gasteiger partial charge in [-0.15, -0.1) is 0 Å². The van der Waals surface area contributed by atoms with Crippen LogP contribution >= 0.6 is 0 Å².